The van der Waals surface area contributed by atoms with Crippen molar-refractivity contribution in [1.82, 2.24) is 15.0 Å². The van der Waals surface area contributed by atoms with Crippen LogP contribution in [0.5, 0.6) is 0 Å². The molecule has 4 N–H and O–H groups in total. The summed E-state index contributed by atoms with van der Waals surface area (Å²) in [5.74, 6) is 4.40. The Kier molecular flexibility index (Phi) is 8.57. The fourth-order valence-corrected chi connectivity index (χ4v) is 4.96. The van der Waals surface area contributed by atoms with E-state index in [0.29, 0.717) is 30.7 Å². The Labute approximate surface area is 221 Å². The molecule has 4 rings (SSSR count). The van der Waals surface area contributed by atoms with Crippen molar-refractivity contribution in [3.8, 4) is 0 Å². The maximum absolute atomic E-state index is 12.9. The Bertz CT molecular complexity index is 1320. The molecule has 1 aromatic heterocycles. The smallest absolute Gasteiger partial charge is 0.337 e. The van der Waals surface area contributed by atoms with Crippen molar-refractivity contribution in [1.29, 1.82) is 0 Å². The number of hydrogen-bond acceptors (Lipinski definition) is 8. The van der Waals surface area contributed by atoms with E-state index in [1.54, 1.807) is 36.5 Å². The van der Waals surface area contributed by atoms with Gasteiger partial charge < -0.3 is 25.6 Å². The van der Waals surface area contributed by atoms with Crippen LogP contribution in [0.3, 0.4) is 0 Å². The number of fused-ring (bicyclic) bond motifs is 1. The SMILES string of the molecule is C=C(C(Nc1ccc2[nH]cnc2c1)c1cccc(C(=O)OC)c1)N(/N=N\N)C1CCCCC1C(=O)OCC. The van der Waals surface area contributed by atoms with Crippen LogP contribution < -0.4 is 11.2 Å². The first-order chi connectivity index (χ1) is 18.5. The molecular weight excluding hydrogens is 486 g/mol. The van der Waals surface area contributed by atoms with Gasteiger partial charge in [-0.3, -0.25) is 4.79 Å². The molecule has 11 nitrogen and oxygen atoms in total. The first-order valence-corrected chi connectivity index (χ1v) is 12.6. The highest BCUT2D eigenvalue weighted by Crippen LogP contribution is 2.37. The third-order valence-corrected chi connectivity index (χ3v) is 6.78. The number of benzene rings is 2. The van der Waals surface area contributed by atoms with Crippen LogP contribution in [0, 0.1) is 5.92 Å². The number of H-pyrrole nitrogens is 1. The van der Waals surface area contributed by atoms with Crippen LogP contribution in [0.25, 0.3) is 11.0 Å². The van der Waals surface area contributed by atoms with Crippen LogP contribution in [-0.2, 0) is 14.3 Å². The van der Waals surface area contributed by atoms with E-state index in [0.717, 1.165) is 35.1 Å². The van der Waals surface area contributed by atoms with E-state index >= 15 is 0 Å². The van der Waals surface area contributed by atoms with Crippen molar-refractivity contribution in [3.05, 3.63) is 72.2 Å². The zero-order valence-electron chi connectivity index (χ0n) is 21.6. The third-order valence-electron chi connectivity index (χ3n) is 6.78. The molecule has 1 aliphatic rings. The second-order valence-electron chi connectivity index (χ2n) is 9.08. The molecule has 2 aromatic carbocycles. The molecular formula is C27H33N7O4. The lowest BCUT2D eigenvalue weighted by Gasteiger charge is -2.39. The molecule has 0 saturated heterocycles. The Hall–Kier alpha value is -4.41. The standard InChI is InChI=1S/C27H33N7O4/c1-4-38-27(36)21-10-5-6-11-24(21)34(33-32-28)17(2)25(18-8-7-9-19(14-18)26(35)37-3)31-20-12-13-22-23(15-20)30-16-29-22/h7-9,12-16,21,24-25,31H,2,4-6,10-11H2,1,3H3,(H2,28,33)(H,29,30). The number of nitrogens with zero attached hydrogens (tertiary/aromatic N) is 4. The molecule has 1 fully saturated rings. The van der Waals surface area contributed by atoms with Gasteiger partial charge in [0.1, 0.15) is 0 Å². The minimum Gasteiger partial charge on any atom is -0.466 e. The zero-order valence-corrected chi connectivity index (χ0v) is 21.6. The van der Waals surface area contributed by atoms with Crippen LogP contribution in [-0.4, -0.2) is 46.7 Å². The fourth-order valence-electron chi connectivity index (χ4n) is 4.96. The van der Waals surface area contributed by atoms with Gasteiger partial charge in [-0.15, -0.1) is 0 Å². The molecule has 3 atom stereocenters. The molecule has 0 radical (unpaired) electrons. The summed E-state index contributed by atoms with van der Waals surface area (Å²) in [5, 5.41) is 12.9. The summed E-state index contributed by atoms with van der Waals surface area (Å²) in [6.07, 6.45) is 4.81. The summed E-state index contributed by atoms with van der Waals surface area (Å²) >= 11 is 0. The Morgan fingerprint density at radius 3 is 2.84 bits per heavy atom. The maximum Gasteiger partial charge on any atom is 0.337 e. The molecule has 200 valence electrons. The van der Waals surface area contributed by atoms with Crippen molar-refractivity contribution in [2.24, 2.45) is 22.2 Å². The van der Waals surface area contributed by atoms with E-state index in [1.165, 1.54) is 7.11 Å². The molecule has 0 spiro atoms. The number of methoxy groups -OCH3 is 1. The van der Waals surface area contributed by atoms with Crippen LogP contribution in [0.4, 0.5) is 5.69 Å². The van der Waals surface area contributed by atoms with E-state index in [2.05, 4.69) is 32.3 Å². The van der Waals surface area contributed by atoms with Crippen LogP contribution in [0.1, 0.15) is 54.6 Å². The normalized spacial score (nSPS) is 18.2. The Balaban J connectivity index is 1.74. The number of imidazole rings is 1. The number of esters is 2. The molecule has 0 bridgehead atoms. The van der Waals surface area contributed by atoms with Gasteiger partial charge in [-0.1, -0.05) is 36.8 Å². The minimum absolute atomic E-state index is 0.275. The van der Waals surface area contributed by atoms with Gasteiger partial charge in [-0.05, 0) is 60.9 Å². The van der Waals surface area contributed by atoms with E-state index in [-0.39, 0.29) is 12.0 Å². The van der Waals surface area contributed by atoms with E-state index in [9.17, 15) is 9.59 Å². The highest BCUT2D eigenvalue weighted by Gasteiger charge is 2.39. The van der Waals surface area contributed by atoms with Gasteiger partial charge in [0.15, 0.2) is 0 Å². The minimum atomic E-state index is -0.564. The molecule has 38 heavy (non-hydrogen) atoms. The number of nitrogens with one attached hydrogen (secondary N) is 2. The fraction of sp³-hybridized carbons (Fsp3) is 0.370. The lowest BCUT2D eigenvalue weighted by Crippen LogP contribution is -2.44. The summed E-state index contributed by atoms with van der Waals surface area (Å²) in [7, 11) is 1.34. The Morgan fingerprint density at radius 1 is 1.26 bits per heavy atom. The number of ether oxygens (including phenoxy) is 2. The number of anilines is 1. The predicted molar refractivity (Wildman–Crippen MR) is 143 cm³/mol. The predicted octanol–water partition coefficient (Wildman–Crippen LogP) is 4.68. The summed E-state index contributed by atoms with van der Waals surface area (Å²) in [5.41, 5.74) is 4.09. The second kappa shape index (κ2) is 12.2. The van der Waals surface area contributed by atoms with Gasteiger partial charge in [-0.25, -0.2) is 14.8 Å². The number of aromatic nitrogens is 2. The number of carbonyl (C=O) groups excluding carboxylic acids is 2. The molecule has 11 heteroatoms. The lowest BCUT2D eigenvalue weighted by atomic mass is 9.83. The van der Waals surface area contributed by atoms with Crippen LogP contribution in [0.2, 0.25) is 0 Å². The summed E-state index contributed by atoms with van der Waals surface area (Å²) in [6, 6.07) is 11.9. The summed E-state index contributed by atoms with van der Waals surface area (Å²) < 4.78 is 10.3. The quantitative estimate of drug-likeness (QED) is 0.151. The van der Waals surface area contributed by atoms with Crippen molar-refractivity contribution in [2.75, 3.05) is 19.0 Å². The van der Waals surface area contributed by atoms with Gasteiger partial charge in [0.2, 0.25) is 0 Å². The summed E-state index contributed by atoms with van der Waals surface area (Å²) in [4.78, 5) is 32.6. The van der Waals surface area contributed by atoms with Crippen LogP contribution >= 0.6 is 0 Å². The number of carbonyl (C=O) groups is 2. The number of nitrogens with two attached hydrogens (primary N) is 1. The molecule has 3 aromatic rings. The monoisotopic (exact) mass is 519 g/mol. The lowest BCUT2D eigenvalue weighted by molar-refractivity contribution is -0.151. The average Bonchev–Trinajstić information content (AvgIpc) is 3.42. The number of aromatic amines is 1. The van der Waals surface area contributed by atoms with E-state index in [1.807, 2.05) is 24.3 Å². The first kappa shape index (κ1) is 26.6. The van der Waals surface area contributed by atoms with Crippen LogP contribution in [0.15, 0.2) is 71.5 Å². The van der Waals surface area contributed by atoms with Gasteiger partial charge in [0, 0.05) is 5.69 Å². The molecule has 0 amide bonds. The maximum atomic E-state index is 12.9. The summed E-state index contributed by atoms with van der Waals surface area (Å²) in [6.45, 7) is 6.45. The van der Waals surface area contributed by atoms with Crippen molar-refractivity contribution in [3.63, 3.8) is 0 Å². The van der Waals surface area contributed by atoms with Crippen molar-refractivity contribution >= 4 is 28.7 Å². The first-order valence-electron chi connectivity index (χ1n) is 12.6. The molecule has 3 unspecified atom stereocenters. The molecule has 1 heterocycles. The van der Waals surface area contributed by atoms with Gasteiger partial charge in [0.05, 0.1) is 60.3 Å². The highest BCUT2D eigenvalue weighted by atomic mass is 16.5. The van der Waals surface area contributed by atoms with E-state index < -0.39 is 17.9 Å². The number of hydrogen-bond donors (Lipinski definition) is 3. The average molecular weight is 520 g/mol. The molecule has 0 aliphatic heterocycles. The van der Waals surface area contributed by atoms with Crippen molar-refractivity contribution in [2.45, 2.75) is 44.7 Å². The van der Waals surface area contributed by atoms with Gasteiger partial charge in [-0.2, -0.15) is 0 Å². The van der Waals surface area contributed by atoms with Crippen molar-refractivity contribution < 1.29 is 19.1 Å². The Morgan fingerprint density at radius 2 is 2.08 bits per heavy atom. The molecule has 1 aliphatic carbocycles. The van der Waals surface area contributed by atoms with Gasteiger partial charge >= 0.3 is 11.9 Å². The second-order valence-corrected chi connectivity index (χ2v) is 9.08. The van der Waals surface area contributed by atoms with E-state index in [4.69, 9.17) is 15.3 Å². The number of rotatable bonds is 10. The highest BCUT2D eigenvalue weighted by molar-refractivity contribution is 5.89. The molecule has 1 saturated carbocycles. The van der Waals surface area contributed by atoms with Gasteiger partial charge in [0.25, 0.3) is 0 Å². The topological polar surface area (TPSA) is 147 Å². The zero-order chi connectivity index (χ0) is 27.1. The largest absolute Gasteiger partial charge is 0.466 e. The third kappa shape index (κ3) is 5.77.